The molecule has 0 radical (unpaired) electrons. The Labute approximate surface area is 281 Å². The number of benzene rings is 2. The minimum absolute atomic E-state index is 0.0312. The topological polar surface area (TPSA) is 137 Å². The van der Waals surface area contributed by atoms with E-state index >= 15 is 0 Å². The van der Waals surface area contributed by atoms with E-state index in [-0.39, 0.29) is 29.7 Å². The summed E-state index contributed by atoms with van der Waals surface area (Å²) in [6.45, 7) is 7.25. The fourth-order valence-electron chi connectivity index (χ4n) is 8.21. The number of hydrogen-bond donors (Lipinski definition) is 4. The normalized spacial score (nSPS) is 20.4. The molecule has 4 aliphatic heterocycles. The van der Waals surface area contributed by atoms with Crippen molar-refractivity contribution >= 4 is 34.7 Å². The zero-order chi connectivity index (χ0) is 33.2. The molecule has 0 aliphatic carbocycles. The average Bonchev–Trinajstić information content (AvgIpc) is 3.51. The highest BCUT2D eigenvalue weighted by Crippen LogP contribution is 2.28. The summed E-state index contributed by atoms with van der Waals surface area (Å²) in [6.07, 6.45) is 8.10. The number of nitrogens with one attached hydrogen (secondary N) is 4. The molecule has 256 valence electrons. The molecule has 4 aliphatic rings. The molecule has 4 N–H and O–H groups in total. The highest BCUT2D eigenvalue weighted by molar-refractivity contribution is 5.92. The largest absolute Gasteiger partial charge is 0.341 e. The lowest BCUT2D eigenvalue weighted by Crippen LogP contribution is -2.57. The number of amides is 5. The maximum absolute atomic E-state index is 14.2. The second-order valence-corrected chi connectivity index (χ2v) is 13.9. The van der Waals surface area contributed by atoms with Crippen molar-refractivity contribution in [1.82, 2.24) is 34.9 Å². The van der Waals surface area contributed by atoms with E-state index < -0.39 is 6.04 Å². The summed E-state index contributed by atoms with van der Waals surface area (Å²) in [5.74, 6) is -0.0558. The number of aryl methyl sites for hydroxylation is 1. The number of carbonyl (C=O) groups excluding carboxylic acids is 3. The van der Waals surface area contributed by atoms with Gasteiger partial charge in [-0.15, -0.1) is 0 Å². The van der Waals surface area contributed by atoms with Crippen molar-refractivity contribution in [3.05, 3.63) is 63.6 Å². The summed E-state index contributed by atoms with van der Waals surface area (Å²) in [5.41, 5.74) is 5.07. The maximum Gasteiger partial charge on any atom is 0.323 e. The zero-order valence-electron chi connectivity index (χ0n) is 27.9. The molecule has 3 aromatic rings. The molecular formula is C36H48N8O4. The van der Waals surface area contributed by atoms with Crippen LogP contribution in [0.2, 0.25) is 0 Å². The number of likely N-dealkylation sites (tertiary alicyclic amines) is 3. The first-order valence-electron chi connectivity index (χ1n) is 17.8. The smallest absolute Gasteiger partial charge is 0.323 e. The molecule has 48 heavy (non-hydrogen) atoms. The van der Waals surface area contributed by atoms with Crippen LogP contribution >= 0.6 is 0 Å². The predicted molar refractivity (Wildman–Crippen MR) is 185 cm³/mol. The number of rotatable bonds is 7. The van der Waals surface area contributed by atoms with E-state index in [1.165, 1.54) is 19.3 Å². The zero-order valence-corrected chi connectivity index (χ0v) is 27.9. The first-order chi connectivity index (χ1) is 23.4. The Morgan fingerprint density at radius 3 is 2.33 bits per heavy atom. The number of urea groups is 2. The lowest BCUT2D eigenvalue weighted by Gasteiger charge is -2.42. The van der Waals surface area contributed by atoms with Crippen LogP contribution in [0.1, 0.15) is 68.6 Å². The van der Waals surface area contributed by atoms with Gasteiger partial charge in [-0.1, -0.05) is 37.6 Å². The van der Waals surface area contributed by atoms with E-state index in [0.717, 1.165) is 60.2 Å². The van der Waals surface area contributed by atoms with Crippen LogP contribution in [0.3, 0.4) is 0 Å². The van der Waals surface area contributed by atoms with E-state index in [9.17, 15) is 19.2 Å². The molecule has 2 aromatic carbocycles. The summed E-state index contributed by atoms with van der Waals surface area (Å²) in [4.78, 5) is 66.9. The van der Waals surface area contributed by atoms with Crippen LogP contribution in [0, 0.1) is 0 Å². The molecule has 7 rings (SSSR count). The van der Waals surface area contributed by atoms with Crippen molar-refractivity contribution in [3.8, 4) is 0 Å². The Kier molecular flexibility index (Phi) is 9.43. The van der Waals surface area contributed by atoms with E-state index in [4.69, 9.17) is 0 Å². The first kappa shape index (κ1) is 32.2. The van der Waals surface area contributed by atoms with Gasteiger partial charge in [0, 0.05) is 56.9 Å². The summed E-state index contributed by atoms with van der Waals surface area (Å²) >= 11 is 0. The number of para-hydroxylation sites is 1. The summed E-state index contributed by atoms with van der Waals surface area (Å²) in [6, 6.07) is 11.3. The molecule has 0 saturated carbocycles. The van der Waals surface area contributed by atoms with Gasteiger partial charge in [-0.2, -0.15) is 0 Å². The van der Waals surface area contributed by atoms with Crippen LogP contribution in [0.25, 0.3) is 11.0 Å². The molecule has 3 fully saturated rings. The molecule has 5 amide bonds. The first-order valence-corrected chi connectivity index (χ1v) is 17.8. The molecule has 12 heteroatoms. The average molecular weight is 657 g/mol. The van der Waals surface area contributed by atoms with Gasteiger partial charge in [-0.3, -0.25) is 4.79 Å². The van der Waals surface area contributed by atoms with E-state index in [1.807, 2.05) is 53.1 Å². The van der Waals surface area contributed by atoms with Gasteiger partial charge in [0.1, 0.15) is 6.04 Å². The van der Waals surface area contributed by atoms with Crippen LogP contribution < -0.4 is 16.3 Å². The molecule has 3 saturated heterocycles. The number of nitrogens with zero attached hydrogens (tertiary/aromatic N) is 4. The molecule has 1 unspecified atom stereocenters. The Morgan fingerprint density at radius 2 is 1.58 bits per heavy atom. The molecule has 12 nitrogen and oxygen atoms in total. The van der Waals surface area contributed by atoms with Gasteiger partial charge in [0.05, 0.1) is 11.0 Å². The van der Waals surface area contributed by atoms with E-state index in [0.29, 0.717) is 63.5 Å². The predicted octanol–water partition coefficient (Wildman–Crippen LogP) is 4.03. The number of carbonyl (C=O) groups is 3. The summed E-state index contributed by atoms with van der Waals surface area (Å²) in [5, 5.41) is 6.13. The van der Waals surface area contributed by atoms with Crippen LogP contribution in [-0.4, -0.2) is 105 Å². The van der Waals surface area contributed by atoms with Gasteiger partial charge >= 0.3 is 17.8 Å². The number of anilines is 1. The SMILES string of the molecule is CCc1cc(CC(NC(=O)N2CCC(N3Cc4ccccc4NC3=O)CC2)C(=O)N2CCC(N3CCCCC3)CC2)cc2[nH]c(=O)[nH]c12. The quantitative estimate of drug-likeness (QED) is 0.305. The van der Waals surface area contributed by atoms with Gasteiger partial charge < -0.3 is 40.2 Å². The van der Waals surface area contributed by atoms with Crippen molar-refractivity contribution in [1.29, 1.82) is 0 Å². The third-order valence-electron chi connectivity index (χ3n) is 10.9. The molecule has 0 bridgehead atoms. The van der Waals surface area contributed by atoms with Gasteiger partial charge in [-0.05, 0) is 86.9 Å². The number of hydrogen-bond acceptors (Lipinski definition) is 5. The Balaban J connectivity index is 1.03. The van der Waals surface area contributed by atoms with Gasteiger partial charge in [0.15, 0.2) is 0 Å². The minimum atomic E-state index is -0.737. The highest BCUT2D eigenvalue weighted by atomic mass is 16.2. The molecule has 1 aromatic heterocycles. The third kappa shape index (κ3) is 6.80. The highest BCUT2D eigenvalue weighted by Gasteiger charge is 2.35. The second kappa shape index (κ2) is 14.0. The van der Waals surface area contributed by atoms with Crippen molar-refractivity contribution in [2.45, 2.75) is 89.4 Å². The number of aromatic amines is 2. The van der Waals surface area contributed by atoms with Crippen molar-refractivity contribution < 1.29 is 14.4 Å². The van der Waals surface area contributed by atoms with Crippen molar-refractivity contribution in [3.63, 3.8) is 0 Å². The van der Waals surface area contributed by atoms with Gasteiger partial charge in [-0.25, -0.2) is 14.4 Å². The fourth-order valence-corrected chi connectivity index (χ4v) is 8.21. The van der Waals surface area contributed by atoms with Crippen LogP contribution in [-0.2, 0) is 24.2 Å². The Morgan fingerprint density at radius 1 is 0.875 bits per heavy atom. The number of fused-ring (bicyclic) bond motifs is 2. The monoisotopic (exact) mass is 656 g/mol. The molecule has 1 atom stereocenters. The lowest BCUT2D eigenvalue weighted by molar-refractivity contribution is -0.134. The van der Waals surface area contributed by atoms with E-state index in [1.54, 1.807) is 4.90 Å². The van der Waals surface area contributed by atoms with Crippen LogP contribution in [0.15, 0.2) is 41.2 Å². The molecule has 5 heterocycles. The Bertz CT molecular complexity index is 1700. The summed E-state index contributed by atoms with van der Waals surface area (Å²) in [7, 11) is 0. The van der Waals surface area contributed by atoms with Crippen molar-refractivity contribution in [2.24, 2.45) is 0 Å². The van der Waals surface area contributed by atoms with Crippen molar-refractivity contribution in [2.75, 3.05) is 44.6 Å². The third-order valence-corrected chi connectivity index (χ3v) is 10.9. The number of aromatic nitrogens is 2. The number of piperidine rings is 3. The fraction of sp³-hybridized carbons (Fsp3) is 0.556. The molecule has 0 spiro atoms. The standard InChI is InChI=1S/C36H48N8O4/c1-2-25-20-24(21-30-32(25)40-34(46)37-30)22-31(33(45)42-16-10-27(11-17-42)41-14-6-3-7-15-41)39-35(47)43-18-12-28(13-19-43)44-23-26-8-4-5-9-29(26)38-36(44)48/h4-5,8-9,20-21,27-28,31H,2-3,6-7,10-19,22-23H2,1H3,(H,38,48)(H,39,47)(H2,37,40,46). The second-order valence-electron chi connectivity index (χ2n) is 13.9. The lowest BCUT2D eigenvalue weighted by atomic mass is 9.97. The minimum Gasteiger partial charge on any atom is -0.341 e. The number of imidazole rings is 1. The number of H-pyrrole nitrogens is 2. The van der Waals surface area contributed by atoms with Crippen LogP contribution in [0.4, 0.5) is 15.3 Å². The summed E-state index contributed by atoms with van der Waals surface area (Å²) < 4.78 is 0. The molecular weight excluding hydrogens is 608 g/mol. The Hall–Kier alpha value is -4.32. The van der Waals surface area contributed by atoms with Gasteiger partial charge in [0.2, 0.25) is 5.91 Å². The maximum atomic E-state index is 14.2. The van der Waals surface area contributed by atoms with Crippen LogP contribution in [0.5, 0.6) is 0 Å². The van der Waals surface area contributed by atoms with Gasteiger partial charge in [0.25, 0.3) is 0 Å². The van der Waals surface area contributed by atoms with E-state index in [2.05, 4.69) is 25.5 Å².